The van der Waals surface area contributed by atoms with Gasteiger partial charge in [-0.05, 0) is 28.8 Å². The fourth-order valence-electron chi connectivity index (χ4n) is 3.29. The summed E-state index contributed by atoms with van der Waals surface area (Å²) in [6.07, 6.45) is -1.37. The zero-order valence-electron chi connectivity index (χ0n) is 17.0. The third-order valence-electron chi connectivity index (χ3n) is 4.77. The van der Waals surface area contributed by atoms with E-state index in [1.165, 1.54) is 12.1 Å². The first kappa shape index (κ1) is 21.4. The number of ether oxygens (including phenoxy) is 1. The Kier molecular flexibility index (Phi) is 6.35. The lowest BCUT2D eigenvalue weighted by molar-refractivity contribution is -0.274. The van der Waals surface area contributed by atoms with E-state index in [4.69, 9.17) is 0 Å². The standard InChI is InChI=1S/C25H20F3N3O/c26-25(27,28)32-23-13-11-21(12-14-23)22-15-29-24(30-16-22)31(17-19-7-3-1-4-8-19)18-20-9-5-2-6-10-20/h1-16H,17-18H2. The molecule has 1 aromatic heterocycles. The third kappa shape index (κ3) is 5.85. The van der Waals surface area contributed by atoms with Crippen LogP contribution in [0.25, 0.3) is 11.1 Å². The van der Waals surface area contributed by atoms with Crippen LogP contribution in [0.5, 0.6) is 5.75 Å². The van der Waals surface area contributed by atoms with Gasteiger partial charge in [0.1, 0.15) is 5.75 Å². The number of anilines is 1. The molecule has 0 spiro atoms. The van der Waals surface area contributed by atoms with Gasteiger partial charge in [0.15, 0.2) is 0 Å². The Bertz CT molecular complexity index is 1080. The number of hydrogen-bond acceptors (Lipinski definition) is 4. The highest BCUT2D eigenvalue weighted by atomic mass is 19.4. The molecule has 0 saturated heterocycles. The maximum absolute atomic E-state index is 12.4. The fourth-order valence-corrected chi connectivity index (χ4v) is 3.29. The molecule has 4 nitrogen and oxygen atoms in total. The molecule has 0 aliphatic heterocycles. The quantitative estimate of drug-likeness (QED) is 0.344. The average Bonchev–Trinajstić information content (AvgIpc) is 2.80. The molecule has 1 heterocycles. The lowest BCUT2D eigenvalue weighted by atomic mass is 10.1. The first-order valence-corrected chi connectivity index (χ1v) is 9.97. The second kappa shape index (κ2) is 9.51. The van der Waals surface area contributed by atoms with Crippen molar-refractivity contribution < 1.29 is 17.9 Å². The molecule has 0 saturated carbocycles. The summed E-state index contributed by atoms with van der Waals surface area (Å²) in [5, 5.41) is 0. The summed E-state index contributed by atoms with van der Waals surface area (Å²) in [5.74, 6) is 0.300. The number of rotatable bonds is 7. The van der Waals surface area contributed by atoms with Crippen molar-refractivity contribution in [1.29, 1.82) is 0 Å². The Hall–Kier alpha value is -3.87. The predicted octanol–water partition coefficient (Wildman–Crippen LogP) is 6.25. The van der Waals surface area contributed by atoms with Gasteiger partial charge in [0.25, 0.3) is 0 Å². The number of hydrogen-bond donors (Lipinski definition) is 0. The zero-order chi connectivity index (χ0) is 22.4. The van der Waals surface area contributed by atoms with Crippen molar-refractivity contribution in [3.8, 4) is 16.9 Å². The van der Waals surface area contributed by atoms with E-state index < -0.39 is 6.36 Å². The van der Waals surface area contributed by atoms with Crippen molar-refractivity contribution in [3.63, 3.8) is 0 Å². The lowest BCUT2D eigenvalue weighted by Crippen LogP contribution is -2.24. The molecular formula is C25H20F3N3O. The van der Waals surface area contributed by atoms with Gasteiger partial charge in [0.05, 0.1) is 0 Å². The molecule has 3 aromatic carbocycles. The molecule has 0 fully saturated rings. The highest BCUT2D eigenvalue weighted by molar-refractivity contribution is 5.63. The molecule has 0 radical (unpaired) electrons. The van der Waals surface area contributed by atoms with E-state index in [9.17, 15) is 13.2 Å². The minimum atomic E-state index is -4.72. The summed E-state index contributed by atoms with van der Waals surface area (Å²) < 4.78 is 41.0. The second-order valence-electron chi connectivity index (χ2n) is 7.17. The van der Waals surface area contributed by atoms with Crippen molar-refractivity contribution in [2.45, 2.75) is 19.5 Å². The highest BCUT2D eigenvalue weighted by Crippen LogP contribution is 2.26. The molecule has 0 N–H and O–H groups in total. The SMILES string of the molecule is FC(F)(F)Oc1ccc(-c2cnc(N(Cc3ccccc3)Cc3ccccc3)nc2)cc1. The molecule has 0 unspecified atom stereocenters. The van der Waals surface area contributed by atoms with Crippen molar-refractivity contribution in [3.05, 3.63) is 108 Å². The maximum Gasteiger partial charge on any atom is 0.573 e. The number of benzene rings is 3. The molecule has 162 valence electrons. The van der Waals surface area contributed by atoms with Gasteiger partial charge in [-0.2, -0.15) is 0 Å². The van der Waals surface area contributed by atoms with E-state index in [1.807, 2.05) is 36.4 Å². The molecule has 0 amide bonds. The van der Waals surface area contributed by atoms with Gasteiger partial charge in [-0.3, -0.25) is 0 Å². The van der Waals surface area contributed by atoms with Gasteiger partial charge in [-0.1, -0.05) is 72.8 Å². The first-order chi connectivity index (χ1) is 15.5. The number of halogens is 3. The van der Waals surface area contributed by atoms with Crippen LogP contribution in [0.3, 0.4) is 0 Å². The lowest BCUT2D eigenvalue weighted by Gasteiger charge is -2.23. The largest absolute Gasteiger partial charge is 0.573 e. The monoisotopic (exact) mass is 435 g/mol. The number of alkyl halides is 3. The molecule has 7 heteroatoms. The normalized spacial score (nSPS) is 11.2. The van der Waals surface area contributed by atoms with Crippen LogP contribution in [0.1, 0.15) is 11.1 Å². The van der Waals surface area contributed by atoms with E-state index in [0.717, 1.165) is 11.1 Å². The van der Waals surface area contributed by atoms with Gasteiger partial charge in [0.2, 0.25) is 5.95 Å². The van der Waals surface area contributed by atoms with Crippen LogP contribution >= 0.6 is 0 Å². The molecular weight excluding hydrogens is 415 g/mol. The Morgan fingerprint density at radius 2 is 1.16 bits per heavy atom. The minimum absolute atomic E-state index is 0.268. The number of aromatic nitrogens is 2. The van der Waals surface area contributed by atoms with Crippen LogP contribution in [0.15, 0.2) is 97.3 Å². The maximum atomic E-state index is 12.4. The molecule has 0 atom stereocenters. The van der Waals surface area contributed by atoms with E-state index >= 15 is 0 Å². The van der Waals surface area contributed by atoms with Crippen LogP contribution in [0.4, 0.5) is 19.1 Å². The van der Waals surface area contributed by atoms with Crippen LogP contribution in [-0.2, 0) is 13.1 Å². The highest BCUT2D eigenvalue weighted by Gasteiger charge is 2.30. The van der Waals surface area contributed by atoms with Gasteiger partial charge >= 0.3 is 6.36 Å². The fraction of sp³-hybridized carbons (Fsp3) is 0.120. The van der Waals surface area contributed by atoms with Gasteiger partial charge in [0, 0.05) is 31.0 Å². The molecule has 0 aliphatic carbocycles. The van der Waals surface area contributed by atoms with Crippen molar-refractivity contribution in [1.82, 2.24) is 9.97 Å². The van der Waals surface area contributed by atoms with E-state index in [0.29, 0.717) is 30.2 Å². The summed E-state index contributed by atoms with van der Waals surface area (Å²) >= 11 is 0. The van der Waals surface area contributed by atoms with Crippen LogP contribution in [0.2, 0.25) is 0 Å². The first-order valence-electron chi connectivity index (χ1n) is 9.97. The van der Waals surface area contributed by atoms with E-state index in [-0.39, 0.29) is 5.75 Å². The molecule has 4 aromatic rings. The summed E-state index contributed by atoms with van der Waals surface area (Å²) in [5.41, 5.74) is 3.67. The Morgan fingerprint density at radius 3 is 1.62 bits per heavy atom. The van der Waals surface area contributed by atoms with Crippen LogP contribution in [0, 0.1) is 0 Å². The van der Waals surface area contributed by atoms with Crippen LogP contribution in [-0.4, -0.2) is 16.3 Å². The average molecular weight is 435 g/mol. The van der Waals surface area contributed by atoms with Crippen molar-refractivity contribution in [2.75, 3.05) is 4.90 Å². The second-order valence-corrected chi connectivity index (χ2v) is 7.17. The summed E-state index contributed by atoms with van der Waals surface area (Å²) in [6.45, 7) is 1.27. The smallest absolute Gasteiger partial charge is 0.406 e. The topological polar surface area (TPSA) is 38.2 Å². The van der Waals surface area contributed by atoms with E-state index in [1.54, 1.807) is 24.5 Å². The molecule has 32 heavy (non-hydrogen) atoms. The van der Waals surface area contributed by atoms with Crippen LogP contribution < -0.4 is 9.64 Å². The Balaban J connectivity index is 1.54. The molecule has 0 bridgehead atoms. The minimum Gasteiger partial charge on any atom is -0.406 e. The van der Waals surface area contributed by atoms with Gasteiger partial charge < -0.3 is 9.64 Å². The summed E-state index contributed by atoms with van der Waals surface area (Å²) in [4.78, 5) is 11.1. The summed E-state index contributed by atoms with van der Waals surface area (Å²) in [6, 6.07) is 25.8. The number of nitrogens with zero attached hydrogens (tertiary/aromatic N) is 3. The third-order valence-corrected chi connectivity index (χ3v) is 4.77. The Labute approximate surface area is 184 Å². The van der Waals surface area contributed by atoms with Gasteiger partial charge in [-0.15, -0.1) is 13.2 Å². The predicted molar refractivity (Wildman–Crippen MR) is 117 cm³/mol. The molecule has 0 aliphatic rings. The Morgan fingerprint density at radius 1 is 0.656 bits per heavy atom. The zero-order valence-corrected chi connectivity index (χ0v) is 17.0. The molecule has 4 rings (SSSR count). The van der Waals surface area contributed by atoms with E-state index in [2.05, 4.69) is 43.9 Å². The van der Waals surface area contributed by atoms with Gasteiger partial charge in [-0.25, -0.2) is 9.97 Å². The van der Waals surface area contributed by atoms with Crippen molar-refractivity contribution >= 4 is 5.95 Å². The van der Waals surface area contributed by atoms with Crippen molar-refractivity contribution in [2.24, 2.45) is 0 Å². The summed E-state index contributed by atoms with van der Waals surface area (Å²) in [7, 11) is 0.